The van der Waals surface area contributed by atoms with Crippen molar-refractivity contribution in [2.24, 2.45) is 0 Å². The molecule has 162 valence electrons. The maximum atomic E-state index is 12.9. The van der Waals surface area contributed by atoms with Crippen LogP contribution < -0.4 is 0 Å². The number of hydrogen-bond acceptors (Lipinski definition) is 3. The Morgan fingerprint density at radius 1 is 1.10 bits per heavy atom. The lowest BCUT2D eigenvalue weighted by Crippen LogP contribution is -2.34. The van der Waals surface area contributed by atoms with Gasteiger partial charge in [0.2, 0.25) is 11.8 Å². The number of amides is 2. The molecule has 0 radical (unpaired) electrons. The van der Waals surface area contributed by atoms with Crippen molar-refractivity contribution < 1.29 is 9.59 Å². The summed E-state index contributed by atoms with van der Waals surface area (Å²) in [6.07, 6.45) is 0.417. The average Bonchev–Trinajstić information content (AvgIpc) is 3.35. The van der Waals surface area contributed by atoms with Crippen molar-refractivity contribution >= 4 is 22.8 Å². The van der Waals surface area contributed by atoms with Crippen molar-refractivity contribution in [2.45, 2.75) is 45.7 Å². The van der Waals surface area contributed by atoms with E-state index in [2.05, 4.69) is 19.1 Å². The average molecular weight is 419 g/mol. The minimum absolute atomic E-state index is 0.00818. The number of carbonyl (C=O) groups excluding carboxylic acids is 2. The van der Waals surface area contributed by atoms with E-state index in [0.29, 0.717) is 26.1 Å². The number of benzene rings is 2. The summed E-state index contributed by atoms with van der Waals surface area (Å²) >= 11 is 0. The van der Waals surface area contributed by atoms with Gasteiger partial charge in [0, 0.05) is 32.0 Å². The second-order valence-electron chi connectivity index (χ2n) is 8.14. The summed E-state index contributed by atoms with van der Waals surface area (Å²) in [5.74, 6) is 1.01. The molecule has 2 amide bonds. The van der Waals surface area contributed by atoms with Crippen molar-refractivity contribution in [1.82, 2.24) is 19.4 Å². The monoisotopic (exact) mass is 418 g/mol. The van der Waals surface area contributed by atoms with Gasteiger partial charge in [0.25, 0.3) is 0 Å². The second-order valence-corrected chi connectivity index (χ2v) is 8.14. The van der Waals surface area contributed by atoms with Crippen LogP contribution in [-0.4, -0.2) is 50.8 Å². The fourth-order valence-electron chi connectivity index (χ4n) is 4.57. The highest BCUT2D eigenvalue weighted by atomic mass is 16.2. The molecule has 0 aliphatic carbocycles. The molecule has 6 heteroatoms. The SMILES string of the molecule is CCN(CC)C(=O)Cn1c(C2CC(=O)N(C(C)c3ccccc3)C2)nc2ccccc21. The quantitative estimate of drug-likeness (QED) is 0.583. The normalized spacial score (nSPS) is 17.3. The minimum atomic E-state index is -0.0319. The molecule has 1 aliphatic heterocycles. The topological polar surface area (TPSA) is 58.4 Å². The molecule has 2 unspecified atom stereocenters. The number of imidazole rings is 1. The molecule has 0 N–H and O–H groups in total. The molecule has 0 spiro atoms. The molecule has 0 bridgehead atoms. The van der Waals surface area contributed by atoms with Crippen LogP contribution in [0.5, 0.6) is 0 Å². The Morgan fingerprint density at radius 2 is 1.77 bits per heavy atom. The van der Waals surface area contributed by atoms with Crippen molar-refractivity contribution in [3.63, 3.8) is 0 Å². The zero-order valence-electron chi connectivity index (χ0n) is 18.5. The zero-order valence-corrected chi connectivity index (χ0v) is 18.5. The Balaban J connectivity index is 1.65. The van der Waals surface area contributed by atoms with Gasteiger partial charge in [0.05, 0.1) is 17.1 Å². The largest absolute Gasteiger partial charge is 0.342 e. The molecule has 1 saturated heterocycles. The van der Waals surface area contributed by atoms with Crippen LogP contribution in [0.4, 0.5) is 0 Å². The molecule has 1 aliphatic rings. The van der Waals surface area contributed by atoms with Crippen LogP contribution in [0.2, 0.25) is 0 Å². The maximum absolute atomic E-state index is 12.9. The molecule has 3 aromatic rings. The lowest BCUT2D eigenvalue weighted by atomic mass is 10.1. The van der Waals surface area contributed by atoms with Gasteiger partial charge in [0.15, 0.2) is 0 Å². The fraction of sp³-hybridized carbons (Fsp3) is 0.400. The van der Waals surface area contributed by atoms with Gasteiger partial charge in [-0.1, -0.05) is 42.5 Å². The first kappa shape index (κ1) is 21.1. The number of likely N-dealkylation sites (N-methyl/N-ethyl adjacent to an activating group) is 1. The summed E-state index contributed by atoms with van der Waals surface area (Å²) in [7, 11) is 0. The van der Waals surface area contributed by atoms with E-state index >= 15 is 0 Å². The molecule has 0 saturated carbocycles. The molecule has 4 rings (SSSR count). The minimum Gasteiger partial charge on any atom is -0.342 e. The standard InChI is InChI=1S/C25H30N4O2/c1-4-27(5-2)24(31)17-29-22-14-10-9-13-21(22)26-25(29)20-15-23(30)28(16-20)18(3)19-11-7-6-8-12-19/h6-14,18,20H,4-5,15-17H2,1-3H3. The first-order valence-electron chi connectivity index (χ1n) is 11.1. The number of fused-ring (bicyclic) bond motifs is 1. The van der Waals surface area contributed by atoms with Gasteiger partial charge < -0.3 is 14.4 Å². The number of carbonyl (C=O) groups is 2. The predicted octanol–water partition coefficient (Wildman–Crippen LogP) is 3.98. The first-order chi connectivity index (χ1) is 15.0. The van der Waals surface area contributed by atoms with E-state index in [4.69, 9.17) is 4.98 Å². The molecule has 6 nitrogen and oxygen atoms in total. The molecule has 1 aromatic heterocycles. The smallest absolute Gasteiger partial charge is 0.242 e. The van der Waals surface area contributed by atoms with E-state index in [-0.39, 0.29) is 30.3 Å². The highest BCUT2D eigenvalue weighted by molar-refractivity contribution is 5.83. The molecule has 1 fully saturated rings. The summed E-state index contributed by atoms with van der Waals surface area (Å²) in [5, 5.41) is 0. The maximum Gasteiger partial charge on any atom is 0.242 e. The third-order valence-electron chi connectivity index (χ3n) is 6.37. The Bertz CT molecular complexity index is 1070. The van der Waals surface area contributed by atoms with Crippen molar-refractivity contribution in [3.05, 3.63) is 66.0 Å². The number of rotatable bonds is 7. The highest BCUT2D eigenvalue weighted by Gasteiger charge is 2.37. The van der Waals surface area contributed by atoms with Crippen LogP contribution in [0.25, 0.3) is 11.0 Å². The summed E-state index contributed by atoms with van der Waals surface area (Å²) in [6, 6.07) is 18.0. The number of likely N-dealkylation sites (tertiary alicyclic amines) is 1. The lowest BCUT2D eigenvalue weighted by Gasteiger charge is -2.25. The Morgan fingerprint density at radius 3 is 2.48 bits per heavy atom. The fourth-order valence-corrected chi connectivity index (χ4v) is 4.57. The van der Waals surface area contributed by atoms with Crippen molar-refractivity contribution in [1.29, 1.82) is 0 Å². The number of hydrogen-bond donors (Lipinski definition) is 0. The van der Waals surface area contributed by atoms with E-state index in [1.54, 1.807) is 0 Å². The van der Waals surface area contributed by atoms with Crippen LogP contribution >= 0.6 is 0 Å². The van der Waals surface area contributed by atoms with Gasteiger partial charge in [-0.15, -0.1) is 0 Å². The Labute approximate surface area is 183 Å². The van der Waals surface area contributed by atoms with Gasteiger partial charge in [-0.2, -0.15) is 0 Å². The van der Waals surface area contributed by atoms with Gasteiger partial charge >= 0.3 is 0 Å². The van der Waals surface area contributed by atoms with E-state index in [1.165, 1.54) is 0 Å². The van der Waals surface area contributed by atoms with E-state index < -0.39 is 0 Å². The van der Waals surface area contributed by atoms with E-state index in [9.17, 15) is 9.59 Å². The van der Waals surface area contributed by atoms with E-state index in [1.807, 2.05) is 70.7 Å². The van der Waals surface area contributed by atoms with E-state index in [0.717, 1.165) is 22.4 Å². The zero-order chi connectivity index (χ0) is 22.0. The van der Waals surface area contributed by atoms with Crippen LogP contribution in [0.1, 0.15) is 50.5 Å². The lowest BCUT2D eigenvalue weighted by molar-refractivity contribution is -0.131. The van der Waals surface area contributed by atoms with Crippen LogP contribution in [-0.2, 0) is 16.1 Å². The molecular formula is C25H30N4O2. The van der Waals surface area contributed by atoms with Crippen LogP contribution in [0.15, 0.2) is 54.6 Å². The summed E-state index contributed by atoms with van der Waals surface area (Å²) < 4.78 is 2.02. The molecule has 2 aromatic carbocycles. The van der Waals surface area contributed by atoms with Crippen LogP contribution in [0, 0.1) is 0 Å². The Hall–Kier alpha value is -3.15. The van der Waals surface area contributed by atoms with Gasteiger partial charge in [0.1, 0.15) is 12.4 Å². The second kappa shape index (κ2) is 8.92. The highest BCUT2D eigenvalue weighted by Crippen LogP contribution is 2.35. The summed E-state index contributed by atoms with van der Waals surface area (Å²) in [6.45, 7) is 8.28. The summed E-state index contributed by atoms with van der Waals surface area (Å²) in [5.41, 5.74) is 2.94. The number of para-hydroxylation sites is 2. The number of nitrogens with zero attached hydrogens (tertiary/aromatic N) is 4. The van der Waals surface area contributed by atoms with Crippen molar-refractivity contribution in [2.75, 3.05) is 19.6 Å². The molecule has 2 heterocycles. The van der Waals surface area contributed by atoms with Gasteiger partial charge in [-0.25, -0.2) is 4.98 Å². The Kier molecular flexibility index (Phi) is 6.07. The molecule has 2 atom stereocenters. The molecular weight excluding hydrogens is 388 g/mol. The third kappa shape index (κ3) is 4.07. The van der Waals surface area contributed by atoms with Gasteiger partial charge in [-0.3, -0.25) is 9.59 Å². The third-order valence-corrected chi connectivity index (χ3v) is 6.37. The molecule has 31 heavy (non-hydrogen) atoms. The first-order valence-corrected chi connectivity index (χ1v) is 11.1. The predicted molar refractivity (Wildman–Crippen MR) is 122 cm³/mol. The van der Waals surface area contributed by atoms with Crippen molar-refractivity contribution in [3.8, 4) is 0 Å². The number of aromatic nitrogens is 2. The van der Waals surface area contributed by atoms with Gasteiger partial charge in [-0.05, 0) is 38.5 Å². The summed E-state index contributed by atoms with van der Waals surface area (Å²) in [4.78, 5) is 34.5. The van der Waals surface area contributed by atoms with Crippen LogP contribution in [0.3, 0.4) is 0 Å².